The lowest BCUT2D eigenvalue weighted by atomic mass is 9.97. The van der Waals surface area contributed by atoms with Gasteiger partial charge in [0.15, 0.2) is 16.9 Å². The molecule has 1 unspecified atom stereocenters. The minimum atomic E-state index is -0.813. The summed E-state index contributed by atoms with van der Waals surface area (Å²) in [7, 11) is 4.53. The Morgan fingerprint density at radius 1 is 0.941 bits per heavy atom. The number of amides is 1. The number of fused-ring (bicyclic) bond motifs is 2. The molecule has 172 valence electrons. The number of rotatable bonds is 5. The lowest BCUT2D eigenvalue weighted by molar-refractivity contribution is 0.0970. The third-order valence-corrected chi connectivity index (χ3v) is 5.92. The first-order valence-electron chi connectivity index (χ1n) is 10.6. The summed E-state index contributed by atoms with van der Waals surface area (Å²) >= 11 is 0. The summed E-state index contributed by atoms with van der Waals surface area (Å²) in [6.45, 7) is 1.91. The summed E-state index contributed by atoms with van der Waals surface area (Å²) < 4.78 is 22.5. The van der Waals surface area contributed by atoms with E-state index in [1.165, 1.54) is 26.2 Å². The van der Waals surface area contributed by atoms with E-state index in [0.717, 1.165) is 5.56 Å². The molecule has 1 aliphatic rings. The molecular weight excluding hydrogens is 436 g/mol. The van der Waals surface area contributed by atoms with Gasteiger partial charge in [-0.3, -0.25) is 14.5 Å². The number of carbonyl (C=O) groups excluding carboxylic acids is 1. The van der Waals surface area contributed by atoms with Crippen LogP contribution in [0, 0.1) is 6.92 Å². The van der Waals surface area contributed by atoms with E-state index in [9.17, 15) is 9.59 Å². The Morgan fingerprint density at radius 3 is 2.26 bits per heavy atom. The smallest absolute Gasteiger partial charge is 0.296 e. The van der Waals surface area contributed by atoms with E-state index in [2.05, 4.69) is 4.98 Å². The lowest BCUT2D eigenvalue weighted by Crippen LogP contribution is -2.30. The maximum Gasteiger partial charge on any atom is 0.296 e. The Bertz CT molecular complexity index is 1450. The number of hydrogen-bond acceptors (Lipinski definition) is 7. The van der Waals surface area contributed by atoms with Crippen LogP contribution in [0.2, 0.25) is 0 Å². The van der Waals surface area contributed by atoms with E-state index in [0.29, 0.717) is 39.6 Å². The number of nitrogens with zero attached hydrogens (tertiary/aromatic N) is 2. The Labute approximate surface area is 195 Å². The van der Waals surface area contributed by atoms with Crippen molar-refractivity contribution in [3.8, 4) is 17.2 Å². The highest BCUT2D eigenvalue weighted by Crippen LogP contribution is 2.46. The Kier molecular flexibility index (Phi) is 5.20. The summed E-state index contributed by atoms with van der Waals surface area (Å²) in [6.07, 6.45) is 1.67. The first kappa shape index (κ1) is 21.5. The van der Waals surface area contributed by atoms with Crippen molar-refractivity contribution in [3.05, 3.63) is 87.4 Å². The van der Waals surface area contributed by atoms with Crippen molar-refractivity contribution in [2.75, 3.05) is 26.2 Å². The molecule has 1 amide bonds. The quantitative estimate of drug-likeness (QED) is 0.441. The van der Waals surface area contributed by atoms with Gasteiger partial charge in [0.1, 0.15) is 11.4 Å². The zero-order valence-corrected chi connectivity index (χ0v) is 19.1. The minimum absolute atomic E-state index is 0.00942. The molecule has 2 aromatic carbocycles. The predicted molar refractivity (Wildman–Crippen MR) is 126 cm³/mol. The molecule has 0 spiro atoms. The fourth-order valence-corrected chi connectivity index (χ4v) is 4.33. The second-order valence-corrected chi connectivity index (χ2v) is 7.90. The van der Waals surface area contributed by atoms with E-state index in [1.807, 2.05) is 13.0 Å². The van der Waals surface area contributed by atoms with Crippen molar-refractivity contribution in [3.63, 3.8) is 0 Å². The maximum absolute atomic E-state index is 13.7. The highest BCUT2D eigenvalue weighted by atomic mass is 16.5. The third kappa shape index (κ3) is 3.18. The van der Waals surface area contributed by atoms with Crippen LogP contribution in [0.1, 0.15) is 33.3 Å². The zero-order chi connectivity index (χ0) is 24.0. The predicted octanol–water partition coefficient (Wildman–Crippen LogP) is 4.27. The molecule has 0 radical (unpaired) electrons. The largest absolute Gasteiger partial charge is 0.493 e. The molecule has 1 atom stereocenters. The molecule has 0 fully saturated rings. The first-order valence-corrected chi connectivity index (χ1v) is 10.6. The second kappa shape index (κ2) is 8.22. The van der Waals surface area contributed by atoms with Gasteiger partial charge in [0, 0.05) is 6.20 Å². The van der Waals surface area contributed by atoms with Gasteiger partial charge in [-0.25, -0.2) is 4.98 Å². The Hall–Kier alpha value is -4.33. The number of benzene rings is 2. The van der Waals surface area contributed by atoms with Crippen LogP contribution < -0.4 is 24.5 Å². The second-order valence-electron chi connectivity index (χ2n) is 7.90. The Morgan fingerprint density at radius 2 is 1.65 bits per heavy atom. The SMILES string of the molecule is COc1cc(C2c3c(oc4ccccc4c3=O)C(=O)N2c2ccc(C)cn2)cc(OC)c1OC. The summed E-state index contributed by atoms with van der Waals surface area (Å²) in [6, 6.07) is 13.1. The van der Waals surface area contributed by atoms with E-state index >= 15 is 0 Å². The van der Waals surface area contributed by atoms with Gasteiger partial charge in [-0.05, 0) is 48.4 Å². The molecule has 0 aliphatic carbocycles. The summed E-state index contributed by atoms with van der Waals surface area (Å²) in [5.74, 6) is 1.14. The maximum atomic E-state index is 13.7. The molecule has 0 saturated carbocycles. The number of pyridine rings is 1. The van der Waals surface area contributed by atoms with Crippen LogP contribution in [0.3, 0.4) is 0 Å². The molecule has 34 heavy (non-hydrogen) atoms. The fourth-order valence-electron chi connectivity index (χ4n) is 4.33. The van der Waals surface area contributed by atoms with E-state index < -0.39 is 11.9 Å². The van der Waals surface area contributed by atoms with Crippen molar-refractivity contribution in [2.24, 2.45) is 0 Å². The molecule has 0 saturated heterocycles. The number of para-hydroxylation sites is 1. The molecule has 0 bridgehead atoms. The van der Waals surface area contributed by atoms with Crippen LogP contribution in [-0.4, -0.2) is 32.2 Å². The lowest BCUT2D eigenvalue weighted by Gasteiger charge is -2.25. The summed E-state index contributed by atoms with van der Waals surface area (Å²) in [5.41, 5.74) is 1.84. The molecular formula is C26H22N2O6. The number of methoxy groups -OCH3 is 3. The summed E-state index contributed by atoms with van der Waals surface area (Å²) in [4.78, 5) is 33.3. The van der Waals surface area contributed by atoms with Crippen LogP contribution >= 0.6 is 0 Å². The van der Waals surface area contributed by atoms with Gasteiger partial charge in [0.05, 0.1) is 38.3 Å². The van der Waals surface area contributed by atoms with E-state index in [-0.39, 0.29) is 16.8 Å². The molecule has 1 aliphatic heterocycles. The van der Waals surface area contributed by atoms with Gasteiger partial charge in [0.2, 0.25) is 11.5 Å². The van der Waals surface area contributed by atoms with Crippen molar-refractivity contribution in [1.82, 2.24) is 4.98 Å². The van der Waals surface area contributed by atoms with Crippen molar-refractivity contribution < 1.29 is 23.4 Å². The topological polar surface area (TPSA) is 91.1 Å². The molecule has 4 aromatic rings. The van der Waals surface area contributed by atoms with E-state index in [4.69, 9.17) is 18.6 Å². The van der Waals surface area contributed by atoms with Crippen molar-refractivity contribution in [1.29, 1.82) is 0 Å². The van der Waals surface area contributed by atoms with Gasteiger partial charge in [-0.1, -0.05) is 18.2 Å². The molecule has 5 rings (SSSR count). The minimum Gasteiger partial charge on any atom is -0.493 e. The van der Waals surface area contributed by atoms with Gasteiger partial charge in [-0.2, -0.15) is 0 Å². The first-order chi connectivity index (χ1) is 16.5. The number of ether oxygens (including phenoxy) is 3. The van der Waals surface area contributed by atoms with Gasteiger partial charge in [0.25, 0.3) is 5.91 Å². The van der Waals surface area contributed by atoms with Crippen molar-refractivity contribution in [2.45, 2.75) is 13.0 Å². The number of anilines is 1. The molecule has 3 heterocycles. The number of hydrogen-bond donors (Lipinski definition) is 0. The average Bonchev–Trinajstić information content (AvgIpc) is 3.16. The van der Waals surface area contributed by atoms with Crippen LogP contribution in [0.15, 0.2) is 63.9 Å². The zero-order valence-electron chi connectivity index (χ0n) is 19.1. The van der Waals surface area contributed by atoms with Crippen LogP contribution in [0.5, 0.6) is 17.2 Å². The number of carbonyl (C=O) groups is 1. The molecule has 8 nitrogen and oxygen atoms in total. The normalized spacial score (nSPS) is 14.9. The van der Waals surface area contributed by atoms with E-state index in [1.54, 1.807) is 48.7 Å². The molecule has 8 heteroatoms. The standard InChI is InChI=1S/C26H22N2O6/c1-14-9-10-20(27-13-14)28-22(15-11-18(31-2)24(33-4)19(12-15)32-3)21-23(29)16-7-5-6-8-17(16)34-25(21)26(28)30/h5-13,22H,1-4H3. The average molecular weight is 458 g/mol. The number of aromatic nitrogens is 1. The Balaban J connectivity index is 1.83. The van der Waals surface area contributed by atoms with Crippen LogP contribution in [-0.2, 0) is 0 Å². The molecule has 0 N–H and O–H groups in total. The monoisotopic (exact) mass is 458 g/mol. The molecule has 2 aromatic heterocycles. The fraction of sp³-hybridized carbons (Fsp3) is 0.192. The van der Waals surface area contributed by atoms with Gasteiger partial charge >= 0.3 is 0 Å². The van der Waals surface area contributed by atoms with Gasteiger partial charge in [-0.15, -0.1) is 0 Å². The van der Waals surface area contributed by atoms with Gasteiger partial charge < -0.3 is 18.6 Å². The number of aryl methyl sites for hydroxylation is 1. The van der Waals surface area contributed by atoms with Crippen LogP contribution in [0.25, 0.3) is 11.0 Å². The van der Waals surface area contributed by atoms with Crippen molar-refractivity contribution >= 4 is 22.7 Å². The summed E-state index contributed by atoms with van der Waals surface area (Å²) in [5, 5.41) is 0.394. The van der Waals surface area contributed by atoms with Crippen LogP contribution in [0.4, 0.5) is 5.82 Å². The highest BCUT2D eigenvalue weighted by molar-refractivity contribution is 6.10. The third-order valence-electron chi connectivity index (χ3n) is 5.92. The highest BCUT2D eigenvalue weighted by Gasteiger charge is 2.44.